The van der Waals surface area contributed by atoms with Gasteiger partial charge in [0, 0.05) is 29.7 Å². The van der Waals surface area contributed by atoms with Gasteiger partial charge in [0.1, 0.15) is 0 Å². The Hall–Kier alpha value is -1.18. The molecule has 0 spiro atoms. The Kier molecular flexibility index (Phi) is 4.62. The second-order valence-corrected chi connectivity index (χ2v) is 7.50. The summed E-state index contributed by atoms with van der Waals surface area (Å²) in [7, 11) is -2.97. The molecule has 1 aromatic carbocycles. The van der Waals surface area contributed by atoms with Gasteiger partial charge in [-0.05, 0) is 24.5 Å². The average molecular weight is 319 g/mol. The molecule has 0 amide bonds. The molecular weight excluding hydrogens is 304 g/mol. The third kappa shape index (κ3) is 3.91. The molecule has 0 saturated carbocycles. The Bertz CT molecular complexity index is 618. The lowest BCUT2D eigenvalue weighted by Gasteiger charge is -2.23. The molecule has 6 nitrogen and oxygen atoms in total. The molecule has 1 heterocycles. The van der Waals surface area contributed by atoms with Crippen molar-refractivity contribution in [3.63, 3.8) is 0 Å². The SMILES string of the molecule is O=[N+]([O-])c1ccc(Cl)c(CNC2CCCS(=O)(=O)C2)c1. The van der Waals surface area contributed by atoms with Gasteiger partial charge in [-0.2, -0.15) is 0 Å². The molecule has 0 bridgehead atoms. The van der Waals surface area contributed by atoms with Crippen molar-refractivity contribution in [1.82, 2.24) is 5.32 Å². The zero-order chi connectivity index (χ0) is 14.8. The van der Waals surface area contributed by atoms with Crippen molar-refractivity contribution in [3.8, 4) is 0 Å². The molecule has 0 aliphatic carbocycles. The molecule has 1 aliphatic heterocycles. The number of nitro groups is 1. The first-order valence-corrected chi connectivity index (χ1v) is 8.44. The van der Waals surface area contributed by atoms with Crippen LogP contribution in [0.15, 0.2) is 18.2 Å². The number of non-ortho nitro benzene ring substituents is 1. The Labute approximate surface area is 122 Å². The third-order valence-electron chi connectivity index (χ3n) is 3.28. The van der Waals surface area contributed by atoms with Gasteiger partial charge in [-0.25, -0.2) is 8.42 Å². The number of hydrogen-bond donors (Lipinski definition) is 1. The summed E-state index contributed by atoms with van der Waals surface area (Å²) in [4.78, 5) is 10.2. The van der Waals surface area contributed by atoms with Gasteiger partial charge in [0.15, 0.2) is 9.84 Å². The maximum atomic E-state index is 11.5. The zero-order valence-electron chi connectivity index (χ0n) is 10.7. The van der Waals surface area contributed by atoms with E-state index in [2.05, 4.69) is 5.32 Å². The zero-order valence-corrected chi connectivity index (χ0v) is 12.3. The standard InChI is InChI=1S/C12H15ClN2O4S/c13-12-4-3-11(15(16)17)6-9(12)7-14-10-2-1-5-20(18,19)8-10/h3-4,6,10,14H,1-2,5,7-8H2. The first-order valence-electron chi connectivity index (χ1n) is 6.24. The highest BCUT2D eigenvalue weighted by molar-refractivity contribution is 7.91. The van der Waals surface area contributed by atoms with E-state index in [1.54, 1.807) is 0 Å². The van der Waals surface area contributed by atoms with Gasteiger partial charge < -0.3 is 5.32 Å². The molecule has 8 heteroatoms. The summed E-state index contributed by atoms with van der Waals surface area (Å²) in [6.07, 6.45) is 1.43. The van der Waals surface area contributed by atoms with Crippen LogP contribution < -0.4 is 5.32 Å². The van der Waals surface area contributed by atoms with Gasteiger partial charge >= 0.3 is 0 Å². The number of benzene rings is 1. The molecule has 1 N–H and O–H groups in total. The van der Waals surface area contributed by atoms with Crippen LogP contribution in [0.2, 0.25) is 5.02 Å². The van der Waals surface area contributed by atoms with Crippen LogP contribution >= 0.6 is 11.6 Å². The summed E-state index contributed by atoms with van der Waals surface area (Å²) < 4.78 is 23.1. The number of nitro benzene ring substituents is 1. The highest BCUT2D eigenvalue weighted by Gasteiger charge is 2.24. The fourth-order valence-electron chi connectivity index (χ4n) is 2.25. The number of rotatable bonds is 4. The minimum atomic E-state index is -2.97. The fraction of sp³-hybridized carbons (Fsp3) is 0.500. The van der Waals surface area contributed by atoms with Crippen molar-refractivity contribution < 1.29 is 13.3 Å². The van der Waals surface area contributed by atoms with E-state index >= 15 is 0 Å². The van der Waals surface area contributed by atoms with Crippen molar-refractivity contribution in [2.75, 3.05) is 11.5 Å². The summed E-state index contributed by atoms with van der Waals surface area (Å²) in [5.41, 5.74) is 0.575. The summed E-state index contributed by atoms with van der Waals surface area (Å²) in [6, 6.07) is 4.11. The minimum absolute atomic E-state index is 0.0255. The smallest absolute Gasteiger partial charge is 0.269 e. The lowest BCUT2D eigenvalue weighted by atomic mass is 10.1. The molecule has 20 heavy (non-hydrogen) atoms. The van der Waals surface area contributed by atoms with Crippen LogP contribution in [-0.4, -0.2) is 30.9 Å². The number of halogens is 1. The van der Waals surface area contributed by atoms with Crippen LogP contribution in [0.3, 0.4) is 0 Å². The number of hydrogen-bond acceptors (Lipinski definition) is 5. The summed E-state index contributed by atoms with van der Waals surface area (Å²) in [5.74, 6) is 0.349. The van der Waals surface area contributed by atoms with Crippen LogP contribution in [0.4, 0.5) is 5.69 Å². The van der Waals surface area contributed by atoms with Crippen LogP contribution in [-0.2, 0) is 16.4 Å². The van der Waals surface area contributed by atoms with Crippen LogP contribution in [0.5, 0.6) is 0 Å². The predicted octanol–water partition coefficient (Wildman–Crippen LogP) is 1.92. The van der Waals surface area contributed by atoms with Crippen molar-refractivity contribution >= 4 is 27.1 Å². The molecule has 1 aliphatic rings. The molecule has 1 fully saturated rings. The van der Waals surface area contributed by atoms with E-state index in [0.29, 0.717) is 23.6 Å². The van der Waals surface area contributed by atoms with Gasteiger partial charge in [-0.15, -0.1) is 0 Å². The number of nitrogens with zero attached hydrogens (tertiary/aromatic N) is 1. The van der Waals surface area contributed by atoms with E-state index in [-0.39, 0.29) is 23.2 Å². The largest absolute Gasteiger partial charge is 0.309 e. The Morgan fingerprint density at radius 2 is 2.20 bits per heavy atom. The van der Waals surface area contributed by atoms with Crippen molar-refractivity contribution in [2.24, 2.45) is 0 Å². The first-order chi connectivity index (χ1) is 9.37. The van der Waals surface area contributed by atoms with E-state index in [1.165, 1.54) is 18.2 Å². The molecule has 0 aromatic heterocycles. The first kappa shape index (κ1) is 15.2. The lowest BCUT2D eigenvalue weighted by Crippen LogP contribution is -2.39. The predicted molar refractivity (Wildman–Crippen MR) is 76.6 cm³/mol. The number of sulfone groups is 1. The van der Waals surface area contributed by atoms with E-state index in [9.17, 15) is 18.5 Å². The van der Waals surface area contributed by atoms with Crippen molar-refractivity contribution in [1.29, 1.82) is 0 Å². The Morgan fingerprint density at radius 3 is 2.85 bits per heavy atom. The second kappa shape index (κ2) is 6.07. The topological polar surface area (TPSA) is 89.3 Å². The molecule has 110 valence electrons. The van der Waals surface area contributed by atoms with Crippen LogP contribution in [0.25, 0.3) is 0 Å². The Morgan fingerprint density at radius 1 is 1.45 bits per heavy atom. The van der Waals surface area contributed by atoms with Crippen LogP contribution in [0, 0.1) is 10.1 Å². The third-order valence-corrected chi connectivity index (χ3v) is 5.47. The molecule has 2 rings (SSSR count). The molecular formula is C12H15ClN2O4S. The molecule has 1 aromatic rings. The van der Waals surface area contributed by atoms with Crippen molar-refractivity contribution in [2.45, 2.75) is 25.4 Å². The van der Waals surface area contributed by atoms with E-state index in [4.69, 9.17) is 11.6 Å². The summed E-state index contributed by atoms with van der Waals surface area (Å²) >= 11 is 5.99. The fourth-order valence-corrected chi connectivity index (χ4v) is 4.10. The van der Waals surface area contributed by atoms with E-state index in [0.717, 1.165) is 6.42 Å². The van der Waals surface area contributed by atoms with E-state index < -0.39 is 14.8 Å². The highest BCUT2D eigenvalue weighted by Crippen LogP contribution is 2.22. The Balaban J connectivity index is 2.03. The highest BCUT2D eigenvalue weighted by atomic mass is 35.5. The second-order valence-electron chi connectivity index (χ2n) is 4.87. The maximum Gasteiger partial charge on any atom is 0.269 e. The molecule has 0 radical (unpaired) electrons. The quantitative estimate of drug-likeness (QED) is 0.676. The summed E-state index contributed by atoms with van der Waals surface area (Å²) in [6.45, 7) is 0.320. The summed E-state index contributed by atoms with van der Waals surface area (Å²) in [5, 5.41) is 14.3. The van der Waals surface area contributed by atoms with Gasteiger partial charge in [-0.3, -0.25) is 10.1 Å². The average Bonchev–Trinajstić information content (AvgIpc) is 2.36. The molecule has 1 unspecified atom stereocenters. The minimum Gasteiger partial charge on any atom is -0.309 e. The van der Waals surface area contributed by atoms with Gasteiger partial charge in [-0.1, -0.05) is 11.6 Å². The van der Waals surface area contributed by atoms with Gasteiger partial charge in [0.05, 0.1) is 16.4 Å². The number of nitrogens with one attached hydrogen (secondary N) is 1. The van der Waals surface area contributed by atoms with Crippen molar-refractivity contribution in [3.05, 3.63) is 38.9 Å². The van der Waals surface area contributed by atoms with Crippen LogP contribution in [0.1, 0.15) is 18.4 Å². The van der Waals surface area contributed by atoms with Gasteiger partial charge in [0.25, 0.3) is 5.69 Å². The van der Waals surface area contributed by atoms with Gasteiger partial charge in [0.2, 0.25) is 0 Å². The normalized spacial score (nSPS) is 21.6. The van der Waals surface area contributed by atoms with E-state index in [1.807, 2.05) is 0 Å². The lowest BCUT2D eigenvalue weighted by molar-refractivity contribution is -0.384. The maximum absolute atomic E-state index is 11.5. The molecule has 1 saturated heterocycles. The molecule has 1 atom stereocenters. The monoisotopic (exact) mass is 318 g/mol.